The zero-order chi connectivity index (χ0) is 19.1. The summed E-state index contributed by atoms with van der Waals surface area (Å²) in [7, 11) is 0. The number of rotatable bonds is 3. The van der Waals surface area contributed by atoms with Gasteiger partial charge in [-0.05, 0) is 68.0 Å². The maximum atomic E-state index is 6.34. The second kappa shape index (κ2) is 7.19. The molecule has 4 nitrogen and oxygen atoms in total. The number of fused-ring (bicyclic) bond motifs is 3. The van der Waals surface area contributed by atoms with E-state index in [4.69, 9.17) is 21.3 Å². The molecule has 5 rings (SSSR count). The molecule has 2 heterocycles. The Bertz CT molecular complexity index is 920. The van der Waals surface area contributed by atoms with Gasteiger partial charge in [0.1, 0.15) is 17.8 Å². The van der Waals surface area contributed by atoms with Crippen molar-refractivity contribution in [3.05, 3.63) is 51.9 Å². The van der Waals surface area contributed by atoms with Gasteiger partial charge < -0.3 is 4.74 Å². The van der Waals surface area contributed by atoms with Crippen molar-refractivity contribution in [1.82, 2.24) is 15.0 Å². The Balaban J connectivity index is 1.42. The van der Waals surface area contributed by atoms with Crippen LogP contribution >= 0.6 is 11.6 Å². The van der Waals surface area contributed by atoms with Crippen LogP contribution in [-0.2, 0) is 4.74 Å². The van der Waals surface area contributed by atoms with E-state index in [1.54, 1.807) is 0 Å². The number of nitrogens with zero attached hydrogens (tertiary/aromatic N) is 3. The molecule has 146 valence electrons. The van der Waals surface area contributed by atoms with E-state index in [2.05, 4.69) is 34.4 Å². The predicted octanol–water partition coefficient (Wildman–Crippen LogP) is 5.77. The van der Waals surface area contributed by atoms with Crippen molar-refractivity contribution >= 4 is 11.6 Å². The maximum Gasteiger partial charge on any atom is 0.225 e. The van der Waals surface area contributed by atoms with Gasteiger partial charge >= 0.3 is 0 Å². The highest BCUT2D eigenvalue weighted by Crippen LogP contribution is 2.57. The lowest BCUT2D eigenvalue weighted by Crippen LogP contribution is -2.38. The fraction of sp³-hybridized carbons (Fsp3) is 0.609. The zero-order valence-electron chi connectivity index (χ0n) is 16.4. The van der Waals surface area contributed by atoms with Gasteiger partial charge in [-0.2, -0.15) is 0 Å². The monoisotopic (exact) mass is 395 g/mol. The second-order valence-corrected chi connectivity index (χ2v) is 8.93. The summed E-state index contributed by atoms with van der Waals surface area (Å²) in [5, 5.41) is 0.344. The highest BCUT2D eigenvalue weighted by Gasteiger charge is 2.53. The Labute approximate surface area is 171 Å². The zero-order valence-corrected chi connectivity index (χ0v) is 17.1. The molecule has 2 saturated carbocycles. The highest BCUT2D eigenvalue weighted by molar-refractivity contribution is 6.28. The van der Waals surface area contributed by atoms with Crippen LogP contribution < -0.4 is 0 Å². The van der Waals surface area contributed by atoms with Crippen LogP contribution in [0.2, 0.25) is 5.28 Å². The number of ether oxygens (including phenoxy) is 1. The molecule has 3 fully saturated rings. The van der Waals surface area contributed by atoms with Crippen molar-refractivity contribution in [2.24, 2.45) is 5.41 Å². The van der Waals surface area contributed by atoms with E-state index in [1.807, 2.05) is 6.08 Å². The highest BCUT2D eigenvalue weighted by atomic mass is 35.5. The van der Waals surface area contributed by atoms with Gasteiger partial charge in [0.2, 0.25) is 5.28 Å². The Hall–Kier alpha value is -1.86. The molecule has 3 unspecified atom stereocenters. The van der Waals surface area contributed by atoms with Gasteiger partial charge in [0.25, 0.3) is 0 Å². The average molecular weight is 396 g/mol. The van der Waals surface area contributed by atoms with Crippen LogP contribution in [0.25, 0.3) is 0 Å². The SMILES string of the molecule is CCC12CCC(c3nc(Cl)nc(C4CCCCC4)n3)CC1OC1=C=C=CC=C12. The molecule has 1 aromatic heterocycles. The molecule has 1 saturated heterocycles. The van der Waals surface area contributed by atoms with E-state index < -0.39 is 0 Å². The van der Waals surface area contributed by atoms with Crippen LogP contribution in [0.15, 0.2) is 34.9 Å². The predicted molar refractivity (Wildman–Crippen MR) is 108 cm³/mol. The summed E-state index contributed by atoms with van der Waals surface area (Å²) in [5.41, 5.74) is 7.59. The first-order valence-electron chi connectivity index (χ1n) is 10.7. The van der Waals surface area contributed by atoms with E-state index in [-0.39, 0.29) is 17.4 Å². The molecule has 28 heavy (non-hydrogen) atoms. The summed E-state index contributed by atoms with van der Waals surface area (Å²) in [6, 6.07) is 0. The molecule has 0 N–H and O–H groups in total. The van der Waals surface area contributed by atoms with Gasteiger partial charge in [0.15, 0.2) is 5.76 Å². The maximum absolute atomic E-state index is 6.34. The van der Waals surface area contributed by atoms with Crippen LogP contribution in [0.4, 0.5) is 0 Å². The summed E-state index contributed by atoms with van der Waals surface area (Å²) >= 11 is 6.32. The van der Waals surface area contributed by atoms with Crippen LogP contribution in [-0.4, -0.2) is 21.1 Å². The number of aromatic nitrogens is 3. The molecule has 5 heteroatoms. The van der Waals surface area contributed by atoms with Gasteiger partial charge in [-0.3, -0.25) is 0 Å². The Morgan fingerprint density at radius 2 is 1.89 bits per heavy atom. The molecule has 0 bridgehead atoms. The first-order chi connectivity index (χ1) is 13.7. The smallest absolute Gasteiger partial charge is 0.225 e. The van der Waals surface area contributed by atoms with Gasteiger partial charge in [0, 0.05) is 22.8 Å². The Morgan fingerprint density at radius 1 is 1.11 bits per heavy atom. The van der Waals surface area contributed by atoms with Crippen molar-refractivity contribution in [3.8, 4) is 0 Å². The molecular formula is C23H26ClN3O. The third-order valence-corrected chi connectivity index (χ3v) is 7.39. The molecule has 0 radical (unpaired) electrons. The van der Waals surface area contributed by atoms with E-state index in [9.17, 15) is 0 Å². The fourth-order valence-corrected chi connectivity index (χ4v) is 5.78. The van der Waals surface area contributed by atoms with Crippen molar-refractivity contribution in [2.75, 3.05) is 0 Å². The summed E-state index contributed by atoms with van der Waals surface area (Å²) in [6.07, 6.45) is 14.5. The molecule has 0 amide bonds. The van der Waals surface area contributed by atoms with E-state index in [1.165, 1.54) is 24.8 Å². The lowest BCUT2D eigenvalue weighted by molar-refractivity contribution is 0.0289. The van der Waals surface area contributed by atoms with Crippen LogP contribution in [0.1, 0.15) is 88.2 Å². The first kappa shape index (κ1) is 18.2. The molecule has 3 aliphatic carbocycles. The molecule has 4 aliphatic rings. The van der Waals surface area contributed by atoms with Crippen LogP contribution in [0, 0.1) is 5.41 Å². The fourth-order valence-electron chi connectivity index (χ4n) is 5.60. The third kappa shape index (κ3) is 2.95. The van der Waals surface area contributed by atoms with Crippen molar-refractivity contribution in [1.29, 1.82) is 0 Å². The Kier molecular flexibility index (Phi) is 4.67. The standard InChI is InChI=1S/C23H26ClN3O/c1-2-23-13-12-16(14-19(23)28-18-11-7-6-10-17(18)23)21-25-20(26-22(24)27-21)15-8-4-3-5-9-15/h6,10,15-16,19H,2-5,8-9,12-14H2,1H3. The molecule has 0 spiro atoms. The number of allylic oxidation sites excluding steroid dienone is 3. The number of hydrogen-bond donors (Lipinski definition) is 0. The van der Waals surface area contributed by atoms with Crippen molar-refractivity contribution < 1.29 is 4.74 Å². The van der Waals surface area contributed by atoms with Gasteiger partial charge in [-0.15, -0.1) is 0 Å². The second-order valence-electron chi connectivity index (χ2n) is 8.59. The van der Waals surface area contributed by atoms with E-state index in [0.29, 0.717) is 11.2 Å². The Morgan fingerprint density at radius 3 is 2.68 bits per heavy atom. The quantitative estimate of drug-likeness (QED) is 0.609. The van der Waals surface area contributed by atoms with Gasteiger partial charge in [-0.1, -0.05) is 31.9 Å². The molecular weight excluding hydrogens is 370 g/mol. The van der Waals surface area contributed by atoms with E-state index in [0.717, 1.165) is 55.9 Å². The molecule has 3 atom stereocenters. The van der Waals surface area contributed by atoms with Crippen LogP contribution in [0.3, 0.4) is 0 Å². The minimum absolute atomic E-state index is 0.0838. The summed E-state index contributed by atoms with van der Waals surface area (Å²) in [5.74, 6) is 3.35. The molecule has 1 aliphatic heterocycles. The minimum atomic E-state index is 0.0838. The van der Waals surface area contributed by atoms with E-state index >= 15 is 0 Å². The summed E-state index contributed by atoms with van der Waals surface area (Å²) in [6.45, 7) is 2.27. The average Bonchev–Trinajstić information content (AvgIpc) is 3.08. The minimum Gasteiger partial charge on any atom is -0.481 e. The molecule has 0 aromatic carbocycles. The van der Waals surface area contributed by atoms with Gasteiger partial charge in [-0.25, -0.2) is 15.0 Å². The first-order valence-corrected chi connectivity index (χ1v) is 11.1. The molecule has 1 aromatic rings. The lowest BCUT2D eigenvalue weighted by atomic mass is 9.63. The summed E-state index contributed by atoms with van der Waals surface area (Å²) in [4.78, 5) is 13.9. The van der Waals surface area contributed by atoms with Gasteiger partial charge in [0.05, 0.1) is 0 Å². The van der Waals surface area contributed by atoms with Crippen molar-refractivity contribution in [3.63, 3.8) is 0 Å². The van der Waals surface area contributed by atoms with Crippen molar-refractivity contribution in [2.45, 2.75) is 82.7 Å². The number of hydrogen-bond acceptors (Lipinski definition) is 4. The largest absolute Gasteiger partial charge is 0.481 e. The lowest BCUT2D eigenvalue weighted by Gasteiger charge is -2.40. The third-order valence-electron chi connectivity index (χ3n) is 7.22. The topological polar surface area (TPSA) is 47.9 Å². The summed E-state index contributed by atoms with van der Waals surface area (Å²) < 4.78 is 6.34. The normalized spacial score (nSPS) is 31.6. The van der Waals surface area contributed by atoms with Crippen LogP contribution in [0.5, 0.6) is 0 Å². The number of halogens is 1.